The number of hydrogen-bond acceptors (Lipinski definition) is 20. The van der Waals surface area contributed by atoms with Gasteiger partial charge >= 0.3 is 53.6 Å². The van der Waals surface area contributed by atoms with Crippen LogP contribution >= 0.6 is 0 Å². The van der Waals surface area contributed by atoms with Gasteiger partial charge in [0.2, 0.25) is 0 Å². The number of aliphatic carboxylic acids is 6. The molecule has 0 aliphatic heterocycles. The Morgan fingerprint density at radius 3 is 1.66 bits per heavy atom. The van der Waals surface area contributed by atoms with Crippen molar-refractivity contribution in [1.29, 1.82) is 0 Å². The van der Waals surface area contributed by atoms with E-state index >= 15 is 0 Å². The number of methoxy groups -OCH3 is 2. The van der Waals surface area contributed by atoms with Gasteiger partial charge < -0.3 is 80.4 Å². The smallest absolute Gasteiger partial charge is 0.342 e. The molecule has 11 N–H and O–H groups in total. The summed E-state index contributed by atoms with van der Waals surface area (Å²) >= 11 is 0. The molecule has 5 rings (SSSR count). The molecule has 35 heteroatoms. The molecule has 0 amide bonds. The molecule has 5 aromatic rings. The van der Waals surface area contributed by atoms with Gasteiger partial charge in [0.05, 0.1) is 79.8 Å². The largest absolute Gasteiger partial charge is 0.497 e. The molecule has 6 radical (unpaired) electrons. The summed E-state index contributed by atoms with van der Waals surface area (Å²) in [5, 5.41) is 95.7. The number of benzene rings is 2. The molecular weight excluding hydrogens is 1350 g/mol. The number of aliphatic hydroxyl groups is 3. The van der Waals surface area contributed by atoms with Crippen LogP contribution in [0, 0.1) is 30.9 Å². The van der Waals surface area contributed by atoms with Crippen molar-refractivity contribution in [3.05, 3.63) is 93.2 Å². The molecule has 0 fully saturated rings. The Morgan fingerprint density at radius 1 is 0.759 bits per heavy atom. The predicted octanol–water partition coefficient (Wildman–Crippen LogP) is 0.282. The van der Waals surface area contributed by atoms with Crippen molar-refractivity contribution in [2.45, 2.75) is 82.0 Å². The molecule has 0 saturated heterocycles. The molecule has 0 aliphatic carbocycles. The van der Waals surface area contributed by atoms with Crippen molar-refractivity contribution in [2.75, 3.05) is 20.8 Å². The molecule has 2 aromatic carbocycles. The number of nitrogens with one attached hydrogen (secondary N) is 1. The number of rotatable bonds is 20. The number of aromatic amines is 1. The van der Waals surface area contributed by atoms with Crippen LogP contribution in [0.15, 0.2) is 60.0 Å². The number of nitro groups is 1. The van der Waals surface area contributed by atoms with E-state index in [-0.39, 0.29) is 216 Å². The van der Waals surface area contributed by atoms with Gasteiger partial charge in [-0.2, -0.15) is 0 Å². The summed E-state index contributed by atoms with van der Waals surface area (Å²) in [4.78, 5) is 108. The Morgan fingerprint density at radius 2 is 1.25 bits per heavy atom. The number of esters is 1. The summed E-state index contributed by atoms with van der Waals surface area (Å²) in [6.45, 7) is 6.82. The van der Waals surface area contributed by atoms with E-state index in [1.807, 2.05) is 32.0 Å². The summed E-state index contributed by atoms with van der Waals surface area (Å²) in [6, 6.07) is 11.5. The van der Waals surface area contributed by atoms with Crippen molar-refractivity contribution in [1.82, 2.24) is 24.5 Å². The Bertz CT molecular complexity index is 2840. The molecule has 79 heavy (non-hydrogen) atoms. The molecule has 1 unspecified atom stereocenters. The van der Waals surface area contributed by atoms with Crippen LogP contribution in [0.4, 0.5) is 5.82 Å². The molecule has 416 valence electrons. The fourth-order valence-corrected chi connectivity index (χ4v) is 7.00. The molecule has 0 saturated carbocycles. The number of ether oxygens (including phenoxy) is 3. The first-order valence-corrected chi connectivity index (χ1v) is 22.2. The average molecular weight is 1410 g/mol. The van der Waals surface area contributed by atoms with E-state index in [2.05, 4.69) is 24.7 Å². The van der Waals surface area contributed by atoms with Crippen LogP contribution in [0.2, 0.25) is 0 Å². The number of aromatic carboxylic acids is 1. The third-order valence-electron chi connectivity index (χ3n) is 9.39. The number of fused-ring (bicyclic) bond motifs is 1. The minimum absolute atomic E-state index is 0. The third kappa shape index (κ3) is 28.6. The molecular formula is C44H52BiK3N6O24S. The van der Waals surface area contributed by atoms with Crippen LogP contribution in [0.25, 0.3) is 11.0 Å². The summed E-state index contributed by atoms with van der Waals surface area (Å²) in [5.74, 6) is -9.37. The third-order valence-corrected chi connectivity index (χ3v) is 10.5. The number of carbonyl (C=O) groups is 8. The van der Waals surface area contributed by atoms with E-state index in [4.69, 9.17) is 60.5 Å². The monoisotopic (exact) mass is 1410 g/mol. The fraction of sp³-hybridized carbons (Fsp3) is 0.341. The van der Waals surface area contributed by atoms with E-state index in [1.54, 1.807) is 39.5 Å². The summed E-state index contributed by atoms with van der Waals surface area (Å²) in [6.07, 6.45) is -1.65. The Kier molecular flexibility index (Phi) is 41.8. The Hall–Kier alpha value is -3.15. The van der Waals surface area contributed by atoms with Crippen molar-refractivity contribution in [3.63, 3.8) is 0 Å². The van der Waals surface area contributed by atoms with Gasteiger partial charge in [0.25, 0.3) is 0 Å². The zero-order chi connectivity index (χ0) is 57.5. The van der Waals surface area contributed by atoms with Crippen LogP contribution in [-0.4, -0.2) is 345 Å². The number of hydrogen-bond donors (Lipinski definition) is 11. The number of pyridine rings is 1. The van der Waals surface area contributed by atoms with E-state index in [0.717, 1.165) is 39.4 Å². The minimum atomic E-state index is -2.74. The normalized spacial score (nSPS) is 10.4. The second kappa shape index (κ2) is 40.1. The zero-order valence-electron chi connectivity index (χ0n) is 43.9. The molecule has 3 heterocycles. The van der Waals surface area contributed by atoms with E-state index < -0.39 is 100 Å². The van der Waals surface area contributed by atoms with Crippen molar-refractivity contribution < 1.29 is 113 Å². The van der Waals surface area contributed by atoms with Gasteiger partial charge in [-0.3, -0.25) is 33.2 Å². The molecule has 0 bridgehead atoms. The number of aryl methyl sites for hydroxylation is 2. The predicted molar refractivity (Wildman–Crippen MR) is 276 cm³/mol. The number of carbonyl (C=O) groups excluding carboxylic acids is 1. The summed E-state index contributed by atoms with van der Waals surface area (Å²) in [7, 11) is 1.91. The van der Waals surface area contributed by atoms with Gasteiger partial charge in [0.1, 0.15) is 35.6 Å². The maximum atomic E-state index is 12.7. The number of carboxylic acids is 7. The van der Waals surface area contributed by atoms with E-state index in [0.29, 0.717) is 11.0 Å². The van der Waals surface area contributed by atoms with Crippen molar-refractivity contribution in [3.8, 4) is 17.2 Å². The molecule has 0 aliphatic rings. The van der Waals surface area contributed by atoms with Crippen LogP contribution in [-0.2, 0) is 56.7 Å². The molecule has 3 aromatic heterocycles. The summed E-state index contributed by atoms with van der Waals surface area (Å²) < 4.78 is 29.3. The van der Waals surface area contributed by atoms with E-state index in [9.17, 15) is 52.7 Å². The first-order valence-electron chi connectivity index (χ1n) is 20.8. The van der Waals surface area contributed by atoms with Crippen LogP contribution < -0.4 is 14.2 Å². The van der Waals surface area contributed by atoms with Gasteiger partial charge in [-0.05, 0) is 43.0 Å². The number of imidazole rings is 2. The van der Waals surface area contributed by atoms with Gasteiger partial charge in [-0.15, -0.1) is 0 Å². The van der Waals surface area contributed by atoms with Crippen LogP contribution in [0.5, 0.6) is 17.2 Å². The maximum absolute atomic E-state index is 12.7. The summed E-state index contributed by atoms with van der Waals surface area (Å²) in [5.41, 5.74) is -1.33. The Balaban J connectivity index is -0.000000455. The van der Waals surface area contributed by atoms with Gasteiger partial charge in [0.15, 0.2) is 22.2 Å². The number of para-hydroxylation sites is 1. The van der Waals surface area contributed by atoms with Crippen LogP contribution in [0.3, 0.4) is 0 Å². The van der Waals surface area contributed by atoms with Gasteiger partial charge in [-0.1, -0.05) is 12.1 Å². The Labute approximate surface area is 597 Å². The van der Waals surface area contributed by atoms with E-state index in [1.165, 1.54) is 29.8 Å². The second-order valence-electron chi connectivity index (χ2n) is 15.1. The SMILES string of the molecule is CC(=O)Oc1ccccc1C(=O)O.COc1ccc2nc(S(=O)Cc3ncc(C)c(OC)c3C)[nH]c2c1.Cc1ncc([N+](=O)[O-])n1CCO.O=C(O)CC(O)(CC(=O)O)C(=O)O.O=C(O)CC(O)(CC(=O)O)C(=O)O.[Bi].[K].[K].[K]. The average Bonchev–Trinajstić information content (AvgIpc) is 3.90. The van der Waals surface area contributed by atoms with Gasteiger partial charge in [0, 0.05) is 218 Å². The molecule has 30 nitrogen and oxygen atoms in total. The second-order valence-corrected chi connectivity index (χ2v) is 16.5. The number of H-pyrrole nitrogens is 1. The van der Waals surface area contributed by atoms with Gasteiger partial charge in [-0.25, -0.2) is 28.9 Å². The number of carboxylic acid groups (broad SMARTS) is 7. The quantitative estimate of drug-likeness (QED) is 0.0164. The topological polar surface area (TPSA) is 486 Å². The zero-order valence-corrected chi connectivity index (χ0v) is 57.6. The van der Waals surface area contributed by atoms with Crippen molar-refractivity contribution >= 4 is 256 Å². The molecule has 0 spiro atoms. The number of nitrogens with zero attached hydrogens (tertiary/aromatic N) is 5. The number of aromatic nitrogens is 5. The molecule has 1 atom stereocenters. The standard InChI is InChI=1S/C17H19N3O3S.C9H8O4.C6H9N3O3.2C6H8O7.Bi.3K/c1-10-8-18-15(11(2)16(10)23-4)9-24(21)17-19-13-6-5-12(22-3)7-14(13)20-17;1-6(10)13-8-5-3-2-4-7(8)9(11)12;1-5-7-4-6(9(11)12)8(5)2-3-10;2*7-3(8)1-6(13,5(11)12)2-4(9)10;;;;/h5-8H,9H2,1-4H3,(H,19,20);2-5H,1H3,(H,11,12);4,10H,2-3H2,1H3;2*13H,1-2H2,(H,7,8)(H,9,10)(H,11,12);;;;. The van der Waals surface area contributed by atoms with Crippen molar-refractivity contribution in [2.24, 2.45) is 0 Å². The number of aliphatic hydroxyl groups excluding tert-OH is 1. The fourth-order valence-electron chi connectivity index (χ4n) is 5.90. The van der Waals surface area contributed by atoms with Crippen LogP contribution in [0.1, 0.15) is 65.6 Å². The first kappa shape index (κ1) is 82.3. The minimum Gasteiger partial charge on any atom is -0.497 e. The maximum Gasteiger partial charge on any atom is 0.342 e. The first-order chi connectivity index (χ1) is 34.9.